The van der Waals surface area contributed by atoms with Crippen molar-refractivity contribution in [2.75, 3.05) is 11.9 Å². The predicted molar refractivity (Wildman–Crippen MR) is 49.9 cm³/mol. The highest BCUT2D eigenvalue weighted by Gasteiger charge is 2.02. The molecule has 0 aliphatic rings. The van der Waals surface area contributed by atoms with E-state index < -0.39 is 0 Å². The molecule has 1 aromatic carbocycles. The smallest absolute Gasteiger partial charge is 0.194 e. The maximum Gasteiger partial charge on any atom is 0.194 e. The summed E-state index contributed by atoms with van der Waals surface area (Å²) < 4.78 is 0. The second-order valence-electron chi connectivity index (χ2n) is 2.29. The summed E-state index contributed by atoms with van der Waals surface area (Å²) in [7, 11) is 1.71. The Labute approximate surface area is 76.1 Å². The topological polar surface area (TPSA) is 20.3 Å². The van der Waals surface area contributed by atoms with E-state index in [2.05, 4.69) is 0 Å². The standard InChI is InChI=1S/C9H8ClNO/c1-11(9(10)7-12)8-5-3-2-4-6-8/h2-6H,1H3. The zero-order valence-electron chi connectivity index (χ0n) is 6.62. The Morgan fingerprint density at radius 2 is 2.00 bits per heavy atom. The maximum absolute atomic E-state index is 10.2. The van der Waals surface area contributed by atoms with Crippen molar-refractivity contribution in [3.05, 3.63) is 35.5 Å². The van der Waals surface area contributed by atoms with Crippen molar-refractivity contribution >= 4 is 23.2 Å². The lowest BCUT2D eigenvalue weighted by Gasteiger charge is -2.14. The third-order valence-corrected chi connectivity index (χ3v) is 1.85. The number of halogens is 1. The van der Waals surface area contributed by atoms with Crippen LogP contribution in [0.5, 0.6) is 0 Å². The summed E-state index contributed by atoms with van der Waals surface area (Å²) in [5.41, 5.74) is 0.867. The van der Waals surface area contributed by atoms with Crippen LogP contribution >= 0.6 is 11.6 Å². The number of hydrogen-bond donors (Lipinski definition) is 0. The third-order valence-electron chi connectivity index (χ3n) is 1.52. The quantitative estimate of drug-likeness (QED) is 0.514. The molecule has 3 heteroatoms. The van der Waals surface area contributed by atoms with Crippen LogP contribution in [0.3, 0.4) is 0 Å². The van der Waals surface area contributed by atoms with E-state index in [0.717, 1.165) is 5.69 Å². The van der Waals surface area contributed by atoms with Crippen molar-refractivity contribution in [2.24, 2.45) is 0 Å². The minimum absolute atomic E-state index is 0.0567. The van der Waals surface area contributed by atoms with Gasteiger partial charge >= 0.3 is 0 Å². The molecule has 0 amide bonds. The van der Waals surface area contributed by atoms with Crippen LogP contribution in [0, 0.1) is 0 Å². The van der Waals surface area contributed by atoms with Gasteiger partial charge in [-0.3, -0.25) is 0 Å². The van der Waals surface area contributed by atoms with Crippen molar-refractivity contribution < 1.29 is 4.79 Å². The van der Waals surface area contributed by atoms with Crippen molar-refractivity contribution in [3.8, 4) is 0 Å². The summed E-state index contributed by atoms with van der Waals surface area (Å²) in [5.74, 6) is 1.62. The summed E-state index contributed by atoms with van der Waals surface area (Å²) in [6, 6.07) is 9.37. The van der Waals surface area contributed by atoms with Crippen molar-refractivity contribution in [1.82, 2.24) is 0 Å². The number of benzene rings is 1. The molecule has 0 N–H and O–H groups in total. The van der Waals surface area contributed by atoms with E-state index in [4.69, 9.17) is 11.6 Å². The molecule has 1 rings (SSSR count). The number of para-hydroxylation sites is 1. The maximum atomic E-state index is 10.2. The summed E-state index contributed by atoms with van der Waals surface area (Å²) in [5, 5.41) is 0.0567. The number of carbonyl (C=O) groups excluding carboxylic acids is 1. The Balaban J connectivity index is 2.93. The van der Waals surface area contributed by atoms with Gasteiger partial charge in [0.2, 0.25) is 0 Å². The average Bonchev–Trinajstić information content (AvgIpc) is 2.17. The molecule has 0 aromatic heterocycles. The monoisotopic (exact) mass is 181 g/mol. The second kappa shape index (κ2) is 3.96. The summed E-state index contributed by atoms with van der Waals surface area (Å²) in [6.07, 6.45) is 0. The Kier molecular flexibility index (Phi) is 2.92. The van der Waals surface area contributed by atoms with Crippen LogP contribution in [0.1, 0.15) is 0 Å². The van der Waals surface area contributed by atoms with Gasteiger partial charge in [-0.05, 0) is 12.1 Å². The van der Waals surface area contributed by atoms with Gasteiger partial charge in [-0.25, -0.2) is 4.79 Å². The van der Waals surface area contributed by atoms with Gasteiger partial charge in [0.25, 0.3) is 0 Å². The third kappa shape index (κ3) is 1.88. The van der Waals surface area contributed by atoms with Gasteiger partial charge in [0.1, 0.15) is 0 Å². The first-order valence-corrected chi connectivity index (χ1v) is 3.83. The molecule has 0 radical (unpaired) electrons. The molecule has 0 bridgehead atoms. The van der Waals surface area contributed by atoms with Gasteiger partial charge in [0, 0.05) is 12.7 Å². The highest BCUT2D eigenvalue weighted by Crippen LogP contribution is 2.16. The SMILES string of the molecule is CN(C(Cl)=C=O)c1ccccc1. The molecule has 0 fully saturated rings. The normalized spacial score (nSPS) is 8.83. The molecule has 0 saturated heterocycles. The van der Waals surface area contributed by atoms with Crippen LogP contribution in [-0.4, -0.2) is 13.0 Å². The van der Waals surface area contributed by atoms with Gasteiger partial charge in [-0.15, -0.1) is 0 Å². The van der Waals surface area contributed by atoms with Crippen molar-refractivity contribution in [3.63, 3.8) is 0 Å². The molecule has 0 saturated carbocycles. The molecule has 0 aliphatic carbocycles. The second-order valence-corrected chi connectivity index (χ2v) is 2.65. The van der Waals surface area contributed by atoms with E-state index in [9.17, 15) is 4.79 Å². The summed E-state index contributed by atoms with van der Waals surface area (Å²) in [4.78, 5) is 11.7. The highest BCUT2D eigenvalue weighted by atomic mass is 35.5. The fourth-order valence-electron chi connectivity index (χ4n) is 0.833. The van der Waals surface area contributed by atoms with E-state index in [1.807, 2.05) is 30.3 Å². The van der Waals surface area contributed by atoms with E-state index >= 15 is 0 Å². The average molecular weight is 182 g/mol. The van der Waals surface area contributed by atoms with Crippen molar-refractivity contribution in [1.29, 1.82) is 0 Å². The Morgan fingerprint density at radius 3 is 2.50 bits per heavy atom. The molecule has 1 aromatic rings. The molecular weight excluding hydrogens is 174 g/mol. The van der Waals surface area contributed by atoms with Crippen LogP contribution in [-0.2, 0) is 4.79 Å². The lowest BCUT2D eigenvalue weighted by molar-refractivity contribution is 0.567. The van der Waals surface area contributed by atoms with E-state index in [-0.39, 0.29) is 5.16 Å². The van der Waals surface area contributed by atoms with Gasteiger partial charge in [-0.2, -0.15) is 0 Å². The van der Waals surface area contributed by atoms with Crippen LogP contribution in [0.25, 0.3) is 0 Å². The summed E-state index contributed by atoms with van der Waals surface area (Å²) >= 11 is 5.57. The van der Waals surface area contributed by atoms with E-state index in [1.54, 1.807) is 17.9 Å². The van der Waals surface area contributed by atoms with Gasteiger partial charge in [-0.1, -0.05) is 29.8 Å². The van der Waals surface area contributed by atoms with E-state index in [1.165, 1.54) is 0 Å². The fraction of sp³-hybridized carbons (Fsp3) is 0.111. The number of rotatable bonds is 2. The van der Waals surface area contributed by atoms with Crippen LogP contribution in [0.4, 0.5) is 5.69 Å². The zero-order valence-corrected chi connectivity index (χ0v) is 7.38. The number of nitrogens with zero attached hydrogens (tertiary/aromatic N) is 1. The molecule has 62 valence electrons. The minimum Gasteiger partial charge on any atom is -0.326 e. The van der Waals surface area contributed by atoms with E-state index in [0.29, 0.717) is 0 Å². The Bertz CT molecular complexity index is 304. The molecule has 0 atom stereocenters. The molecule has 12 heavy (non-hydrogen) atoms. The lowest BCUT2D eigenvalue weighted by Crippen LogP contribution is -2.12. The predicted octanol–water partition coefficient (Wildman–Crippen LogP) is 2.03. The molecule has 0 aliphatic heterocycles. The van der Waals surface area contributed by atoms with Crippen LogP contribution < -0.4 is 4.90 Å². The number of hydrogen-bond acceptors (Lipinski definition) is 2. The highest BCUT2D eigenvalue weighted by molar-refractivity contribution is 6.34. The molecule has 0 unspecified atom stereocenters. The largest absolute Gasteiger partial charge is 0.326 e. The first kappa shape index (κ1) is 8.85. The fourth-order valence-corrected chi connectivity index (χ4v) is 0.931. The summed E-state index contributed by atoms with van der Waals surface area (Å²) in [6.45, 7) is 0. The Hall–Kier alpha value is -1.24. The zero-order chi connectivity index (χ0) is 8.97. The Morgan fingerprint density at radius 1 is 1.42 bits per heavy atom. The molecule has 2 nitrogen and oxygen atoms in total. The lowest BCUT2D eigenvalue weighted by atomic mass is 10.3. The van der Waals surface area contributed by atoms with Gasteiger partial charge in [0.15, 0.2) is 11.1 Å². The van der Waals surface area contributed by atoms with Crippen LogP contribution in [0.15, 0.2) is 35.5 Å². The van der Waals surface area contributed by atoms with Crippen molar-refractivity contribution in [2.45, 2.75) is 0 Å². The van der Waals surface area contributed by atoms with Gasteiger partial charge < -0.3 is 4.90 Å². The first-order chi connectivity index (χ1) is 5.75. The molecular formula is C9H8ClNO. The minimum atomic E-state index is 0.0567. The molecule has 0 heterocycles. The first-order valence-electron chi connectivity index (χ1n) is 3.45. The van der Waals surface area contributed by atoms with Crippen LogP contribution in [0.2, 0.25) is 0 Å². The number of anilines is 1. The van der Waals surface area contributed by atoms with Gasteiger partial charge in [0.05, 0.1) is 0 Å². The molecule has 0 spiro atoms.